The lowest BCUT2D eigenvalue weighted by molar-refractivity contribution is -0.407. The molecule has 1 aliphatic heterocycles. The minimum absolute atomic E-state index is 0.571. The summed E-state index contributed by atoms with van der Waals surface area (Å²) in [5.74, 6) is 2.26. The van der Waals surface area contributed by atoms with E-state index in [0.717, 1.165) is 34.9 Å². The molecular formula is C20H27N4O+. The summed E-state index contributed by atoms with van der Waals surface area (Å²) in [5.41, 5.74) is 2.97. The van der Waals surface area contributed by atoms with Crippen molar-refractivity contribution in [3.05, 3.63) is 35.9 Å². The van der Waals surface area contributed by atoms with E-state index in [2.05, 4.69) is 45.9 Å². The van der Waals surface area contributed by atoms with Crippen LogP contribution in [-0.4, -0.2) is 60.2 Å². The molecule has 1 fully saturated rings. The van der Waals surface area contributed by atoms with Crippen LogP contribution in [0.1, 0.15) is 18.4 Å². The van der Waals surface area contributed by atoms with Crippen LogP contribution < -0.4 is 4.74 Å². The number of hydrogen-bond donors (Lipinski definition) is 0. The molecule has 0 N–H and O–H groups in total. The molecule has 2 heterocycles. The fourth-order valence-corrected chi connectivity index (χ4v) is 3.51. The normalized spacial score (nSPS) is 19.0. The van der Waals surface area contributed by atoms with Crippen molar-refractivity contribution < 1.29 is 9.31 Å². The van der Waals surface area contributed by atoms with Gasteiger partial charge in [0.15, 0.2) is 0 Å². The molecule has 1 saturated heterocycles. The summed E-state index contributed by atoms with van der Waals surface area (Å²) in [5, 5.41) is 8.88. The maximum Gasteiger partial charge on any atom is 0.350 e. The fourth-order valence-electron chi connectivity index (χ4n) is 3.51. The number of nitrogens with zero attached hydrogens (tertiary/aromatic N) is 4. The Morgan fingerprint density at radius 3 is 2.76 bits per heavy atom. The number of hydrogen-bond acceptors (Lipinski definition) is 4. The van der Waals surface area contributed by atoms with Gasteiger partial charge in [-0.1, -0.05) is 12.1 Å². The van der Waals surface area contributed by atoms with E-state index in [9.17, 15) is 0 Å². The van der Waals surface area contributed by atoms with Gasteiger partial charge in [-0.25, -0.2) is 4.58 Å². The number of aromatic nitrogens is 2. The molecule has 0 spiro atoms. The third-order valence-electron chi connectivity index (χ3n) is 4.82. The second-order valence-corrected chi connectivity index (χ2v) is 6.85. The van der Waals surface area contributed by atoms with Gasteiger partial charge in [-0.2, -0.15) is 0 Å². The smallest absolute Gasteiger partial charge is 0.350 e. The van der Waals surface area contributed by atoms with Gasteiger partial charge in [0.1, 0.15) is 11.4 Å². The third kappa shape index (κ3) is 4.04. The summed E-state index contributed by atoms with van der Waals surface area (Å²) in [6, 6.07) is 10.1. The molecule has 1 aromatic heterocycles. The Labute approximate surface area is 150 Å². The van der Waals surface area contributed by atoms with Gasteiger partial charge in [0, 0.05) is 24.1 Å². The number of ether oxygens (including phenoxy) is 1. The lowest BCUT2D eigenvalue weighted by atomic mass is 10.00. The van der Waals surface area contributed by atoms with Gasteiger partial charge in [-0.15, -0.1) is 0 Å². The summed E-state index contributed by atoms with van der Waals surface area (Å²) in [6.45, 7) is 4.37. The third-order valence-corrected chi connectivity index (χ3v) is 4.82. The van der Waals surface area contributed by atoms with E-state index in [1.807, 2.05) is 31.3 Å². The summed E-state index contributed by atoms with van der Waals surface area (Å²) in [7, 11) is 5.92. The highest BCUT2D eigenvalue weighted by Gasteiger charge is 2.19. The summed E-state index contributed by atoms with van der Waals surface area (Å²) < 4.78 is 7.57. The first-order valence-electron chi connectivity index (χ1n) is 8.82. The predicted octanol–water partition coefficient (Wildman–Crippen LogP) is 3.15. The monoisotopic (exact) mass is 339 g/mol. The number of likely N-dealkylation sites (tertiary alicyclic amines) is 1. The molecule has 1 aliphatic rings. The van der Waals surface area contributed by atoms with Gasteiger partial charge in [-0.05, 0) is 56.2 Å². The highest BCUT2D eigenvalue weighted by Crippen LogP contribution is 2.31. The number of benzene rings is 1. The Balaban J connectivity index is 1.83. The maximum atomic E-state index is 5.48. The van der Waals surface area contributed by atoms with Gasteiger partial charge in [0.05, 0.1) is 25.5 Å². The van der Waals surface area contributed by atoms with Crippen LogP contribution >= 0.6 is 0 Å². The van der Waals surface area contributed by atoms with Gasteiger partial charge >= 0.3 is 5.82 Å². The molecule has 2 aromatic rings. The van der Waals surface area contributed by atoms with E-state index in [1.54, 1.807) is 7.11 Å². The molecule has 0 saturated carbocycles. The summed E-state index contributed by atoms with van der Waals surface area (Å²) >= 11 is 0. The lowest BCUT2D eigenvalue weighted by Gasteiger charge is -2.26. The zero-order chi connectivity index (χ0) is 17.8. The van der Waals surface area contributed by atoms with Crippen molar-refractivity contribution in [3.8, 4) is 17.0 Å². The molecule has 0 bridgehead atoms. The number of aryl methyl sites for hydroxylation is 1. The zero-order valence-electron chi connectivity index (χ0n) is 15.6. The molecule has 5 nitrogen and oxygen atoms in total. The van der Waals surface area contributed by atoms with Crippen molar-refractivity contribution in [2.75, 3.05) is 34.3 Å². The largest absolute Gasteiger partial charge is 0.496 e. The molecule has 0 amide bonds. The van der Waals surface area contributed by atoms with Crippen molar-refractivity contribution in [1.82, 2.24) is 15.1 Å². The van der Waals surface area contributed by atoms with Crippen molar-refractivity contribution in [2.45, 2.75) is 19.8 Å². The van der Waals surface area contributed by atoms with E-state index in [0.29, 0.717) is 5.92 Å². The molecular weight excluding hydrogens is 312 g/mol. The minimum Gasteiger partial charge on any atom is -0.496 e. The van der Waals surface area contributed by atoms with E-state index >= 15 is 0 Å². The average molecular weight is 339 g/mol. The highest BCUT2D eigenvalue weighted by atomic mass is 16.5. The Morgan fingerprint density at radius 2 is 2.08 bits per heavy atom. The van der Waals surface area contributed by atoms with Crippen LogP contribution in [0.3, 0.4) is 0 Å². The van der Waals surface area contributed by atoms with Crippen LogP contribution in [0, 0.1) is 12.8 Å². The van der Waals surface area contributed by atoms with Gasteiger partial charge in [0.25, 0.3) is 0 Å². The van der Waals surface area contributed by atoms with Crippen molar-refractivity contribution in [1.29, 1.82) is 0 Å². The predicted molar refractivity (Wildman–Crippen MR) is 101 cm³/mol. The Morgan fingerprint density at radius 1 is 1.24 bits per heavy atom. The van der Waals surface area contributed by atoms with Crippen LogP contribution in [0.5, 0.6) is 5.75 Å². The average Bonchev–Trinajstić information content (AvgIpc) is 2.61. The second-order valence-electron chi connectivity index (χ2n) is 6.85. The van der Waals surface area contributed by atoms with E-state index < -0.39 is 0 Å². The van der Waals surface area contributed by atoms with Crippen molar-refractivity contribution >= 4 is 12.0 Å². The van der Waals surface area contributed by atoms with Crippen LogP contribution in [0.2, 0.25) is 0 Å². The Kier molecular flexibility index (Phi) is 5.43. The molecule has 1 aromatic carbocycles. The van der Waals surface area contributed by atoms with Crippen molar-refractivity contribution in [3.63, 3.8) is 0 Å². The molecule has 3 rings (SSSR count). The van der Waals surface area contributed by atoms with Crippen LogP contribution in [0.15, 0.2) is 30.3 Å². The zero-order valence-corrected chi connectivity index (χ0v) is 15.6. The first-order valence-corrected chi connectivity index (χ1v) is 8.82. The van der Waals surface area contributed by atoms with Gasteiger partial charge < -0.3 is 9.64 Å². The molecule has 132 valence electrons. The molecule has 25 heavy (non-hydrogen) atoms. The topological polar surface area (TPSA) is 41.3 Å². The molecule has 1 unspecified atom stereocenters. The first kappa shape index (κ1) is 17.5. The molecule has 0 radical (unpaired) electrons. The Hall–Kier alpha value is -2.27. The van der Waals surface area contributed by atoms with Crippen LogP contribution in [0.4, 0.5) is 5.82 Å². The maximum absolute atomic E-state index is 5.48. The number of methoxy groups -OCH3 is 1. The number of piperidine rings is 1. The quantitative estimate of drug-likeness (QED) is 0.634. The minimum atomic E-state index is 0.571. The SMILES string of the molecule is COc1cccc(C)c1-c1ccc(/[N+](C)=C\C2CCCN(C)C2)nn1. The standard InChI is InChI=1S/C20H27N4O/c1-15-7-5-9-18(25-4)20(15)17-10-11-19(22-21-17)24(3)14-16-8-6-12-23(2)13-16/h5,7,9-11,14,16H,6,8,12-13H2,1-4H3/q+1/b24-14-. The number of rotatable bonds is 4. The van der Waals surface area contributed by atoms with Gasteiger partial charge in [-0.3, -0.25) is 0 Å². The second kappa shape index (κ2) is 7.74. The molecule has 1 atom stereocenters. The Bertz CT molecular complexity index is 755. The van der Waals surface area contributed by atoms with Crippen LogP contribution in [0.25, 0.3) is 11.3 Å². The molecule has 0 aliphatic carbocycles. The van der Waals surface area contributed by atoms with Gasteiger partial charge in [0.2, 0.25) is 0 Å². The summed E-state index contributed by atoms with van der Waals surface area (Å²) in [6.07, 6.45) is 4.76. The summed E-state index contributed by atoms with van der Waals surface area (Å²) in [4.78, 5) is 2.39. The molecule has 5 heteroatoms. The van der Waals surface area contributed by atoms with E-state index in [-0.39, 0.29) is 0 Å². The van der Waals surface area contributed by atoms with E-state index in [1.165, 1.54) is 19.4 Å². The van der Waals surface area contributed by atoms with Crippen molar-refractivity contribution in [2.24, 2.45) is 5.92 Å². The highest BCUT2D eigenvalue weighted by molar-refractivity contribution is 5.70. The first-order chi connectivity index (χ1) is 12.1. The fraction of sp³-hybridized carbons (Fsp3) is 0.450. The lowest BCUT2D eigenvalue weighted by Crippen LogP contribution is -2.33. The van der Waals surface area contributed by atoms with E-state index in [4.69, 9.17) is 4.74 Å². The van der Waals surface area contributed by atoms with Crippen LogP contribution in [-0.2, 0) is 0 Å².